The Hall–Kier alpha value is -3.70. The van der Waals surface area contributed by atoms with E-state index in [9.17, 15) is 14.4 Å². The smallest absolute Gasteiger partial charge is 0.238 e. The fraction of sp³-hybridized carbons (Fsp3) is 0.343. The maximum Gasteiger partial charge on any atom is 0.238 e. The first-order valence-corrected chi connectivity index (χ1v) is 14.7. The van der Waals surface area contributed by atoms with Gasteiger partial charge in [-0.05, 0) is 53.3 Å². The minimum atomic E-state index is -1.30. The molecule has 210 valence electrons. The van der Waals surface area contributed by atoms with Gasteiger partial charge in [-0.2, -0.15) is 0 Å². The predicted octanol–water partition coefficient (Wildman–Crippen LogP) is 7.13. The molecule has 3 aromatic rings. The summed E-state index contributed by atoms with van der Waals surface area (Å²) >= 11 is 6.37. The molecule has 5 nitrogen and oxygen atoms in total. The first-order valence-electron chi connectivity index (χ1n) is 14.3. The van der Waals surface area contributed by atoms with Crippen molar-refractivity contribution < 1.29 is 14.4 Å². The summed E-state index contributed by atoms with van der Waals surface area (Å²) in [5, 5.41) is 3.66. The van der Waals surface area contributed by atoms with Gasteiger partial charge in [-0.3, -0.25) is 14.4 Å². The third-order valence-corrected chi connectivity index (χ3v) is 9.00. The number of amides is 1. The van der Waals surface area contributed by atoms with Gasteiger partial charge in [0.2, 0.25) is 5.91 Å². The Morgan fingerprint density at radius 1 is 1.02 bits per heavy atom. The number of nitrogens with one attached hydrogen (secondary N) is 1. The standard InChI is InChI=1S/C35H35ClN2O3/c1-20(2)18-21-10-12-22(13-11-21)31(39)29-30(32(40)34(3,4)5)38-27-16-15-24(36)19-23(27)14-17-28(38)35(29)25-8-6-7-9-26(25)37-33(35)41/h6-17,19-20,28-30H,18H2,1-5H3,(H,37,41)/t28-,29+,30+,35-/m1/s1. The minimum absolute atomic E-state index is 0.0810. The average molecular weight is 567 g/mol. The fourth-order valence-corrected chi connectivity index (χ4v) is 7.23. The molecule has 0 aromatic heterocycles. The lowest BCUT2D eigenvalue weighted by Gasteiger charge is -2.38. The Balaban J connectivity index is 1.62. The van der Waals surface area contributed by atoms with Crippen molar-refractivity contribution >= 4 is 46.5 Å². The highest BCUT2D eigenvalue weighted by molar-refractivity contribution is 6.31. The molecule has 1 amide bonds. The number of carbonyl (C=O) groups excluding carboxylic acids is 3. The van der Waals surface area contributed by atoms with E-state index in [1.54, 1.807) is 6.07 Å². The van der Waals surface area contributed by atoms with Gasteiger partial charge in [-0.25, -0.2) is 0 Å². The van der Waals surface area contributed by atoms with Gasteiger partial charge in [-0.1, -0.05) is 101 Å². The van der Waals surface area contributed by atoms with Crippen LogP contribution in [0.25, 0.3) is 6.08 Å². The molecule has 3 heterocycles. The van der Waals surface area contributed by atoms with Gasteiger partial charge < -0.3 is 10.2 Å². The summed E-state index contributed by atoms with van der Waals surface area (Å²) in [4.78, 5) is 45.7. The second-order valence-corrected chi connectivity index (χ2v) is 13.4. The monoisotopic (exact) mass is 566 g/mol. The molecule has 6 heteroatoms. The molecule has 1 spiro atoms. The zero-order chi connectivity index (χ0) is 29.3. The lowest BCUT2D eigenvalue weighted by molar-refractivity contribution is -0.128. The lowest BCUT2D eigenvalue weighted by Crippen LogP contribution is -2.51. The fourth-order valence-electron chi connectivity index (χ4n) is 7.05. The predicted molar refractivity (Wildman–Crippen MR) is 165 cm³/mol. The summed E-state index contributed by atoms with van der Waals surface area (Å²) in [6.07, 6.45) is 4.84. The molecule has 0 aliphatic carbocycles. The van der Waals surface area contributed by atoms with Crippen molar-refractivity contribution in [2.75, 3.05) is 10.2 Å². The van der Waals surface area contributed by atoms with Crippen LogP contribution in [-0.4, -0.2) is 29.6 Å². The molecular weight excluding hydrogens is 532 g/mol. The summed E-state index contributed by atoms with van der Waals surface area (Å²) in [6, 6.07) is 19.4. The molecule has 0 unspecified atom stereocenters. The van der Waals surface area contributed by atoms with Gasteiger partial charge in [-0.15, -0.1) is 0 Å². The Labute approximate surface area is 246 Å². The number of para-hydroxylation sites is 1. The van der Waals surface area contributed by atoms with Gasteiger partial charge >= 0.3 is 0 Å². The summed E-state index contributed by atoms with van der Waals surface area (Å²) in [7, 11) is 0. The molecule has 3 aliphatic rings. The maximum absolute atomic E-state index is 14.8. The number of benzene rings is 3. The van der Waals surface area contributed by atoms with E-state index in [1.807, 2.05) is 98.5 Å². The van der Waals surface area contributed by atoms with Crippen molar-refractivity contribution in [1.82, 2.24) is 0 Å². The number of nitrogens with zero attached hydrogens (tertiary/aromatic N) is 1. The van der Waals surface area contributed by atoms with E-state index in [0.29, 0.717) is 22.2 Å². The second-order valence-electron chi connectivity index (χ2n) is 13.0. The summed E-state index contributed by atoms with van der Waals surface area (Å²) < 4.78 is 0. The average Bonchev–Trinajstić information content (AvgIpc) is 3.39. The van der Waals surface area contributed by atoms with Gasteiger partial charge in [0, 0.05) is 27.4 Å². The van der Waals surface area contributed by atoms with Gasteiger partial charge in [0.25, 0.3) is 0 Å². The van der Waals surface area contributed by atoms with E-state index < -0.39 is 28.8 Å². The van der Waals surface area contributed by atoms with E-state index in [-0.39, 0.29) is 17.5 Å². The zero-order valence-electron chi connectivity index (χ0n) is 24.1. The number of hydrogen-bond donors (Lipinski definition) is 1. The molecule has 1 fully saturated rings. The van der Waals surface area contributed by atoms with Gasteiger partial charge in [0.05, 0.1) is 12.0 Å². The van der Waals surface area contributed by atoms with Crippen LogP contribution in [0.2, 0.25) is 5.02 Å². The van der Waals surface area contributed by atoms with Gasteiger partial charge in [0.15, 0.2) is 11.6 Å². The molecular formula is C35H35ClN2O3. The number of rotatable bonds is 5. The molecule has 3 aromatic carbocycles. The number of ketones is 2. The largest absolute Gasteiger partial charge is 0.352 e. The van der Waals surface area contributed by atoms with Crippen molar-refractivity contribution in [3.8, 4) is 0 Å². The van der Waals surface area contributed by atoms with Crippen LogP contribution < -0.4 is 10.2 Å². The number of anilines is 2. The highest BCUT2D eigenvalue weighted by Gasteiger charge is 2.70. The number of halogens is 1. The van der Waals surface area contributed by atoms with Crippen LogP contribution in [0.15, 0.2) is 72.8 Å². The van der Waals surface area contributed by atoms with E-state index in [2.05, 4.69) is 19.2 Å². The Morgan fingerprint density at radius 2 is 1.73 bits per heavy atom. The van der Waals surface area contributed by atoms with Crippen molar-refractivity contribution in [3.05, 3.63) is 100 Å². The summed E-state index contributed by atoms with van der Waals surface area (Å²) in [5.41, 5.74) is 2.67. The summed E-state index contributed by atoms with van der Waals surface area (Å²) in [6.45, 7) is 9.96. The Kier molecular flexibility index (Phi) is 6.50. The number of Topliss-reactive ketones (excluding diaryl/α,β-unsaturated/α-hetero) is 2. The Bertz CT molecular complexity index is 1600. The SMILES string of the molecule is CC(C)Cc1ccc(C(=O)[C@@H]2[C@@H](C(=O)C(C)(C)C)N3c4ccc(Cl)cc4C=C[C@@H]3[C@@]23C(=O)Nc2ccccc23)cc1. The molecule has 1 N–H and O–H groups in total. The van der Waals surface area contributed by atoms with Crippen LogP contribution >= 0.6 is 11.6 Å². The van der Waals surface area contributed by atoms with Crippen LogP contribution in [0, 0.1) is 17.3 Å². The maximum atomic E-state index is 14.8. The molecule has 41 heavy (non-hydrogen) atoms. The topological polar surface area (TPSA) is 66.5 Å². The van der Waals surface area contributed by atoms with E-state index in [0.717, 1.165) is 28.8 Å². The first-order chi connectivity index (χ1) is 19.4. The van der Waals surface area contributed by atoms with Crippen LogP contribution in [0.1, 0.15) is 61.7 Å². The third-order valence-electron chi connectivity index (χ3n) is 8.77. The van der Waals surface area contributed by atoms with Gasteiger partial charge in [0.1, 0.15) is 11.5 Å². The second kappa shape index (κ2) is 9.70. The van der Waals surface area contributed by atoms with Crippen molar-refractivity contribution in [2.45, 2.75) is 58.5 Å². The molecule has 6 rings (SSSR count). The van der Waals surface area contributed by atoms with Crippen molar-refractivity contribution in [3.63, 3.8) is 0 Å². The number of carbonyl (C=O) groups is 3. The molecule has 0 radical (unpaired) electrons. The van der Waals surface area contributed by atoms with Crippen LogP contribution in [-0.2, 0) is 21.4 Å². The molecule has 3 aliphatic heterocycles. The normalized spacial score (nSPS) is 24.3. The molecule has 0 saturated carbocycles. The highest BCUT2D eigenvalue weighted by atomic mass is 35.5. The lowest BCUT2D eigenvalue weighted by atomic mass is 9.63. The van der Waals surface area contributed by atoms with Crippen LogP contribution in [0.5, 0.6) is 0 Å². The zero-order valence-corrected chi connectivity index (χ0v) is 24.8. The first kappa shape index (κ1) is 27.5. The summed E-state index contributed by atoms with van der Waals surface area (Å²) in [5.74, 6) is -1.00. The molecule has 1 saturated heterocycles. The van der Waals surface area contributed by atoms with E-state index in [4.69, 9.17) is 11.6 Å². The molecule has 4 atom stereocenters. The van der Waals surface area contributed by atoms with Crippen LogP contribution in [0.3, 0.4) is 0 Å². The van der Waals surface area contributed by atoms with Crippen LogP contribution in [0.4, 0.5) is 11.4 Å². The quantitative estimate of drug-likeness (QED) is 0.334. The van der Waals surface area contributed by atoms with E-state index >= 15 is 0 Å². The third kappa shape index (κ3) is 4.16. The Morgan fingerprint density at radius 3 is 2.41 bits per heavy atom. The minimum Gasteiger partial charge on any atom is -0.352 e. The number of hydrogen-bond acceptors (Lipinski definition) is 4. The highest BCUT2D eigenvalue weighted by Crippen LogP contribution is 2.58. The van der Waals surface area contributed by atoms with Crippen molar-refractivity contribution in [1.29, 1.82) is 0 Å². The van der Waals surface area contributed by atoms with Crippen molar-refractivity contribution in [2.24, 2.45) is 17.3 Å². The molecule has 0 bridgehead atoms. The number of fused-ring (bicyclic) bond motifs is 6. The van der Waals surface area contributed by atoms with E-state index in [1.165, 1.54) is 0 Å².